The molecule has 2 rings (SSSR count). The third kappa shape index (κ3) is 3.05. The zero-order chi connectivity index (χ0) is 15.8. The molecule has 1 aliphatic heterocycles. The maximum Gasteiger partial charge on any atom is 0.321 e. The number of sulfone groups is 1. The minimum absolute atomic E-state index is 0.0950. The van der Waals surface area contributed by atoms with Gasteiger partial charge in [0.05, 0.1) is 4.75 Å². The molecule has 1 aromatic carbocycles. The number of hydrogen-bond acceptors (Lipinski definition) is 3. The number of hydrogen-bond donors (Lipinski definition) is 1. The Morgan fingerprint density at radius 1 is 1.38 bits per heavy atom. The maximum absolute atomic E-state index is 12.3. The van der Waals surface area contributed by atoms with E-state index in [1.165, 1.54) is 6.26 Å². The SMILES string of the molecule is C[C@@H]1CN(C(=O)NCC(C)(C)S(C)(=O)=O)c2ccccc21. The zero-order valence-corrected chi connectivity index (χ0v) is 13.7. The van der Waals surface area contributed by atoms with Gasteiger partial charge in [0.2, 0.25) is 0 Å². The maximum atomic E-state index is 12.3. The Labute approximate surface area is 126 Å². The smallest absolute Gasteiger partial charge is 0.321 e. The summed E-state index contributed by atoms with van der Waals surface area (Å²) in [5, 5.41) is 2.74. The summed E-state index contributed by atoms with van der Waals surface area (Å²) in [6.45, 7) is 6.01. The Balaban J connectivity index is 2.10. The molecule has 1 aromatic rings. The van der Waals surface area contributed by atoms with Crippen LogP contribution in [0.3, 0.4) is 0 Å². The molecule has 0 radical (unpaired) electrons. The van der Waals surface area contributed by atoms with Gasteiger partial charge in [0, 0.05) is 31.0 Å². The van der Waals surface area contributed by atoms with Crippen LogP contribution >= 0.6 is 0 Å². The van der Waals surface area contributed by atoms with Gasteiger partial charge in [-0.3, -0.25) is 4.90 Å². The molecule has 1 aliphatic rings. The molecule has 0 unspecified atom stereocenters. The topological polar surface area (TPSA) is 66.5 Å². The molecule has 0 saturated carbocycles. The predicted octanol–water partition coefficient (Wildman–Crippen LogP) is 2.14. The van der Waals surface area contributed by atoms with Crippen molar-refractivity contribution >= 4 is 21.6 Å². The number of carbonyl (C=O) groups is 1. The lowest BCUT2D eigenvalue weighted by atomic mass is 10.0. The molecular weight excluding hydrogens is 288 g/mol. The van der Waals surface area contributed by atoms with Crippen molar-refractivity contribution in [2.45, 2.75) is 31.4 Å². The van der Waals surface area contributed by atoms with Crippen LogP contribution in [-0.2, 0) is 9.84 Å². The van der Waals surface area contributed by atoms with Gasteiger partial charge in [-0.05, 0) is 25.5 Å². The first-order valence-electron chi connectivity index (χ1n) is 6.97. The minimum Gasteiger partial charge on any atom is -0.336 e. The van der Waals surface area contributed by atoms with Gasteiger partial charge in [0.25, 0.3) is 0 Å². The van der Waals surface area contributed by atoms with Crippen LogP contribution in [0, 0.1) is 0 Å². The molecule has 116 valence electrons. The number of rotatable bonds is 3. The first-order valence-corrected chi connectivity index (χ1v) is 8.86. The van der Waals surface area contributed by atoms with Crippen molar-refractivity contribution in [3.63, 3.8) is 0 Å². The van der Waals surface area contributed by atoms with Crippen molar-refractivity contribution in [3.05, 3.63) is 29.8 Å². The van der Waals surface area contributed by atoms with Crippen molar-refractivity contribution in [3.8, 4) is 0 Å². The van der Waals surface area contributed by atoms with Crippen LogP contribution in [0.4, 0.5) is 10.5 Å². The van der Waals surface area contributed by atoms with Gasteiger partial charge >= 0.3 is 6.03 Å². The van der Waals surface area contributed by atoms with Crippen molar-refractivity contribution in [2.24, 2.45) is 0 Å². The summed E-state index contributed by atoms with van der Waals surface area (Å²) in [7, 11) is -3.23. The molecule has 6 heteroatoms. The summed E-state index contributed by atoms with van der Waals surface area (Å²) in [4.78, 5) is 14.0. The van der Waals surface area contributed by atoms with Gasteiger partial charge in [-0.15, -0.1) is 0 Å². The number of anilines is 1. The lowest BCUT2D eigenvalue weighted by Crippen LogP contribution is -2.48. The number of nitrogens with zero attached hydrogens (tertiary/aromatic N) is 1. The highest BCUT2D eigenvalue weighted by atomic mass is 32.2. The van der Waals surface area contributed by atoms with Crippen molar-refractivity contribution < 1.29 is 13.2 Å². The lowest BCUT2D eigenvalue weighted by Gasteiger charge is -2.25. The predicted molar refractivity (Wildman–Crippen MR) is 84.5 cm³/mol. The Morgan fingerprint density at radius 2 is 2.00 bits per heavy atom. The van der Waals surface area contributed by atoms with Gasteiger partial charge in [0.1, 0.15) is 0 Å². The summed E-state index contributed by atoms with van der Waals surface area (Å²) in [6.07, 6.45) is 1.19. The van der Waals surface area contributed by atoms with E-state index in [1.54, 1.807) is 18.7 Å². The highest BCUT2D eigenvalue weighted by Crippen LogP contribution is 2.35. The number of fused-ring (bicyclic) bond motifs is 1. The summed E-state index contributed by atoms with van der Waals surface area (Å²) < 4.78 is 22.4. The molecule has 0 spiro atoms. The van der Waals surface area contributed by atoms with Crippen LogP contribution in [-0.4, -0.2) is 38.5 Å². The number of urea groups is 1. The summed E-state index contributed by atoms with van der Waals surface area (Å²) >= 11 is 0. The number of amides is 2. The first-order chi connectivity index (χ1) is 9.63. The Kier molecular flexibility index (Phi) is 4.02. The Bertz CT molecular complexity index is 653. The molecule has 1 N–H and O–H groups in total. The largest absolute Gasteiger partial charge is 0.336 e. The van der Waals surface area contributed by atoms with E-state index >= 15 is 0 Å². The van der Waals surface area contributed by atoms with Gasteiger partial charge in [-0.2, -0.15) is 0 Å². The normalized spacial score (nSPS) is 18.5. The number of benzene rings is 1. The fourth-order valence-corrected chi connectivity index (χ4v) is 2.66. The average Bonchev–Trinajstić information content (AvgIpc) is 2.73. The van der Waals surface area contributed by atoms with Gasteiger partial charge in [-0.25, -0.2) is 13.2 Å². The number of carbonyl (C=O) groups excluding carboxylic acids is 1. The first kappa shape index (κ1) is 15.8. The molecule has 5 nitrogen and oxygen atoms in total. The highest BCUT2D eigenvalue weighted by Gasteiger charge is 2.33. The van der Waals surface area contributed by atoms with E-state index in [9.17, 15) is 13.2 Å². The van der Waals surface area contributed by atoms with E-state index in [0.717, 1.165) is 11.3 Å². The monoisotopic (exact) mass is 310 g/mol. The third-order valence-corrected chi connectivity index (χ3v) is 6.28. The molecule has 1 heterocycles. The Hall–Kier alpha value is -1.56. The van der Waals surface area contributed by atoms with E-state index < -0.39 is 14.6 Å². The van der Waals surface area contributed by atoms with Crippen molar-refractivity contribution in [2.75, 3.05) is 24.2 Å². The van der Waals surface area contributed by atoms with E-state index in [4.69, 9.17) is 0 Å². The number of para-hydroxylation sites is 1. The average molecular weight is 310 g/mol. The van der Waals surface area contributed by atoms with Crippen LogP contribution in [0.25, 0.3) is 0 Å². The standard InChI is InChI=1S/C15H22N2O3S/c1-11-9-17(13-8-6-5-7-12(11)13)14(18)16-10-15(2,3)21(4,19)20/h5-8,11H,9-10H2,1-4H3,(H,16,18)/t11-/m1/s1. The molecule has 0 fully saturated rings. The molecule has 0 aliphatic carbocycles. The molecule has 0 saturated heterocycles. The van der Waals surface area contributed by atoms with Crippen LogP contribution in [0.2, 0.25) is 0 Å². The lowest BCUT2D eigenvalue weighted by molar-refractivity contribution is 0.245. The van der Waals surface area contributed by atoms with Gasteiger partial charge in [-0.1, -0.05) is 25.1 Å². The molecule has 0 bridgehead atoms. The molecule has 2 amide bonds. The fraction of sp³-hybridized carbons (Fsp3) is 0.533. The van der Waals surface area contributed by atoms with Crippen LogP contribution in [0.15, 0.2) is 24.3 Å². The van der Waals surface area contributed by atoms with E-state index in [-0.39, 0.29) is 18.5 Å². The zero-order valence-electron chi connectivity index (χ0n) is 12.9. The quantitative estimate of drug-likeness (QED) is 0.930. The minimum atomic E-state index is -3.23. The van der Waals surface area contributed by atoms with E-state index in [0.29, 0.717) is 6.54 Å². The van der Waals surface area contributed by atoms with Crippen LogP contribution in [0.5, 0.6) is 0 Å². The van der Waals surface area contributed by atoms with Gasteiger partial charge in [0.15, 0.2) is 9.84 Å². The molecule has 21 heavy (non-hydrogen) atoms. The molecule has 1 atom stereocenters. The third-order valence-electron chi connectivity index (χ3n) is 4.13. The van der Waals surface area contributed by atoms with Crippen molar-refractivity contribution in [1.29, 1.82) is 0 Å². The summed E-state index contributed by atoms with van der Waals surface area (Å²) in [5.74, 6) is 0.287. The Morgan fingerprint density at radius 3 is 2.62 bits per heavy atom. The summed E-state index contributed by atoms with van der Waals surface area (Å²) in [5.41, 5.74) is 2.05. The fourth-order valence-electron chi connectivity index (χ4n) is 2.33. The van der Waals surface area contributed by atoms with Crippen LogP contribution < -0.4 is 10.2 Å². The van der Waals surface area contributed by atoms with Crippen LogP contribution in [0.1, 0.15) is 32.3 Å². The van der Waals surface area contributed by atoms with E-state index in [2.05, 4.69) is 12.2 Å². The highest BCUT2D eigenvalue weighted by molar-refractivity contribution is 7.92. The van der Waals surface area contributed by atoms with Gasteiger partial charge < -0.3 is 5.32 Å². The number of nitrogens with one attached hydrogen (secondary N) is 1. The second kappa shape index (κ2) is 5.33. The molecule has 0 aromatic heterocycles. The van der Waals surface area contributed by atoms with E-state index in [1.807, 2.05) is 24.3 Å². The van der Waals surface area contributed by atoms with Crippen molar-refractivity contribution in [1.82, 2.24) is 5.32 Å². The molecular formula is C15H22N2O3S. The second-order valence-electron chi connectivity index (χ2n) is 6.26. The second-order valence-corrected chi connectivity index (χ2v) is 8.91. The summed E-state index contributed by atoms with van der Waals surface area (Å²) in [6, 6.07) is 7.55.